The van der Waals surface area contributed by atoms with Gasteiger partial charge in [0.15, 0.2) is 5.54 Å². The van der Waals surface area contributed by atoms with Gasteiger partial charge in [-0.05, 0) is 44.0 Å². The highest BCUT2D eigenvalue weighted by molar-refractivity contribution is 6.07. The average molecular weight is 304 g/mol. The molecular weight excluding hydrogens is 284 g/mol. The van der Waals surface area contributed by atoms with E-state index in [-0.39, 0.29) is 25.0 Å². The monoisotopic (exact) mass is 304 g/mol. The second-order valence-electron chi connectivity index (χ2n) is 5.66. The van der Waals surface area contributed by atoms with E-state index in [0.29, 0.717) is 5.69 Å². The maximum atomic E-state index is 13.0. The molecule has 0 bridgehead atoms. The fourth-order valence-electron chi connectivity index (χ4n) is 3.41. The summed E-state index contributed by atoms with van der Waals surface area (Å²) in [6, 6.07) is 4.93. The van der Waals surface area contributed by atoms with E-state index < -0.39 is 11.6 Å². The lowest BCUT2D eigenvalue weighted by molar-refractivity contribution is -0.134. The van der Waals surface area contributed by atoms with Crippen molar-refractivity contribution in [2.24, 2.45) is 5.92 Å². The number of nitrogens with one attached hydrogen (secondary N) is 2. The van der Waals surface area contributed by atoms with Gasteiger partial charge in [0.1, 0.15) is 0 Å². The van der Waals surface area contributed by atoms with Crippen LogP contribution in [0.2, 0.25) is 0 Å². The van der Waals surface area contributed by atoms with Crippen LogP contribution in [-0.2, 0) is 10.3 Å². The van der Waals surface area contributed by atoms with Crippen LogP contribution in [0.3, 0.4) is 0 Å². The summed E-state index contributed by atoms with van der Waals surface area (Å²) in [5.74, 6) is -0.319. The number of aliphatic hydroxyl groups is 1. The largest absolute Gasteiger partial charge is 0.395 e. The topological polar surface area (TPSA) is 94.6 Å². The van der Waals surface area contributed by atoms with E-state index >= 15 is 0 Å². The molecule has 2 fully saturated rings. The number of carbonyl (C=O) groups excluding carboxylic acids is 2. The van der Waals surface area contributed by atoms with E-state index in [2.05, 4.69) is 15.6 Å². The van der Waals surface area contributed by atoms with E-state index in [1.54, 1.807) is 18.3 Å². The molecule has 1 aromatic heterocycles. The van der Waals surface area contributed by atoms with Gasteiger partial charge in [-0.15, -0.1) is 0 Å². The molecule has 3 N–H and O–H groups in total. The van der Waals surface area contributed by atoms with Crippen LogP contribution in [0.5, 0.6) is 0 Å². The maximum Gasteiger partial charge on any atom is 0.325 e. The van der Waals surface area contributed by atoms with Gasteiger partial charge in [0.05, 0.1) is 18.8 Å². The van der Waals surface area contributed by atoms with Crippen LogP contribution in [0.15, 0.2) is 24.4 Å². The van der Waals surface area contributed by atoms with Crippen LogP contribution in [0.25, 0.3) is 0 Å². The number of nitrogens with zero attached hydrogens (tertiary/aromatic N) is 2. The zero-order chi connectivity index (χ0) is 15.6. The Morgan fingerprint density at radius 2 is 2.09 bits per heavy atom. The lowest BCUT2D eigenvalue weighted by Gasteiger charge is -2.37. The molecule has 3 heterocycles. The summed E-state index contributed by atoms with van der Waals surface area (Å²) in [5, 5.41) is 15.3. The highest BCUT2D eigenvalue weighted by Gasteiger charge is 2.57. The minimum Gasteiger partial charge on any atom is -0.395 e. The number of piperidine rings is 1. The second kappa shape index (κ2) is 6.02. The molecule has 1 unspecified atom stereocenters. The highest BCUT2D eigenvalue weighted by Crippen LogP contribution is 2.39. The Kier molecular flexibility index (Phi) is 4.08. The molecule has 0 aromatic carbocycles. The number of hydrogen-bond acceptors (Lipinski definition) is 5. The molecule has 3 amide bonds. The number of carbonyl (C=O) groups is 2. The van der Waals surface area contributed by atoms with Gasteiger partial charge in [0.2, 0.25) is 0 Å². The highest BCUT2D eigenvalue weighted by atomic mass is 16.3. The first-order valence-electron chi connectivity index (χ1n) is 7.57. The van der Waals surface area contributed by atoms with Crippen molar-refractivity contribution in [3.63, 3.8) is 0 Å². The third kappa shape index (κ3) is 2.26. The molecule has 7 heteroatoms. The van der Waals surface area contributed by atoms with Crippen LogP contribution in [-0.4, -0.2) is 53.2 Å². The Labute approximate surface area is 128 Å². The molecule has 2 saturated heterocycles. The minimum absolute atomic E-state index is 0.00419. The Balaban J connectivity index is 2.04. The van der Waals surface area contributed by atoms with Crippen molar-refractivity contribution >= 4 is 11.9 Å². The van der Waals surface area contributed by atoms with Crippen molar-refractivity contribution in [2.45, 2.75) is 18.4 Å². The number of urea groups is 1. The summed E-state index contributed by atoms with van der Waals surface area (Å²) in [7, 11) is 0. The van der Waals surface area contributed by atoms with Crippen molar-refractivity contribution in [3.05, 3.63) is 30.1 Å². The van der Waals surface area contributed by atoms with Crippen LogP contribution < -0.4 is 10.6 Å². The Hall–Kier alpha value is -1.99. The van der Waals surface area contributed by atoms with E-state index in [1.165, 1.54) is 0 Å². The van der Waals surface area contributed by atoms with Crippen molar-refractivity contribution in [1.82, 2.24) is 20.5 Å². The van der Waals surface area contributed by atoms with Crippen molar-refractivity contribution < 1.29 is 14.7 Å². The quantitative estimate of drug-likeness (QED) is 0.671. The van der Waals surface area contributed by atoms with Gasteiger partial charge >= 0.3 is 6.03 Å². The minimum atomic E-state index is -1.12. The zero-order valence-electron chi connectivity index (χ0n) is 12.3. The number of aromatic nitrogens is 1. The van der Waals surface area contributed by atoms with Gasteiger partial charge in [0.25, 0.3) is 5.91 Å². The van der Waals surface area contributed by atoms with Gasteiger partial charge in [-0.1, -0.05) is 6.07 Å². The molecule has 118 valence electrons. The van der Waals surface area contributed by atoms with Crippen molar-refractivity contribution in [1.29, 1.82) is 0 Å². The molecule has 3 rings (SSSR count). The molecule has 2 aliphatic heterocycles. The lowest BCUT2D eigenvalue weighted by Crippen LogP contribution is -2.53. The molecule has 0 aliphatic carbocycles. The first-order valence-corrected chi connectivity index (χ1v) is 7.57. The third-order valence-corrected chi connectivity index (χ3v) is 4.48. The summed E-state index contributed by atoms with van der Waals surface area (Å²) in [4.78, 5) is 30.7. The van der Waals surface area contributed by atoms with Gasteiger partial charge in [-0.25, -0.2) is 4.79 Å². The molecule has 0 spiro atoms. The molecule has 2 aliphatic rings. The fourth-order valence-corrected chi connectivity index (χ4v) is 3.41. The van der Waals surface area contributed by atoms with E-state index in [1.807, 2.05) is 6.07 Å². The fraction of sp³-hybridized carbons (Fsp3) is 0.533. The first-order chi connectivity index (χ1) is 10.7. The molecule has 1 atom stereocenters. The average Bonchev–Trinajstić information content (AvgIpc) is 2.82. The first kappa shape index (κ1) is 14.9. The van der Waals surface area contributed by atoms with E-state index in [0.717, 1.165) is 30.8 Å². The molecule has 0 saturated carbocycles. The Bertz CT molecular complexity index is 559. The second-order valence-corrected chi connectivity index (χ2v) is 5.66. The number of imide groups is 1. The predicted molar refractivity (Wildman–Crippen MR) is 78.8 cm³/mol. The lowest BCUT2D eigenvalue weighted by atomic mass is 9.75. The third-order valence-electron chi connectivity index (χ3n) is 4.48. The predicted octanol–water partition coefficient (Wildman–Crippen LogP) is -0.179. The standard InChI is InChI=1S/C15H20N4O3/c20-10-9-19-13(21)15(18-14(19)22,11-4-7-16-8-5-11)12-3-1-2-6-17-12/h1-3,6,11,16,20H,4-5,7-10H2,(H,18,22). The van der Waals surface area contributed by atoms with E-state index in [4.69, 9.17) is 5.11 Å². The van der Waals surface area contributed by atoms with Crippen LogP contribution in [0, 0.1) is 5.92 Å². The van der Waals surface area contributed by atoms with Gasteiger partial charge in [-0.2, -0.15) is 0 Å². The van der Waals surface area contributed by atoms with Crippen LogP contribution in [0.4, 0.5) is 4.79 Å². The molecule has 7 nitrogen and oxygen atoms in total. The summed E-state index contributed by atoms with van der Waals surface area (Å²) < 4.78 is 0. The molecular formula is C15H20N4O3. The van der Waals surface area contributed by atoms with Gasteiger partial charge in [-0.3, -0.25) is 14.7 Å². The van der Waals surface area contributed by atoms with Gasteiger partial charge in [0, 0.05) is 6.20 Å². The zero-order valence-corrected chi connectivity index (χ0v) is 12.3. The van der Waals surface area contributed by atoms with Crippen LogP contribution >= 0.6 is 0 Å². The number of β-amino-alcohol motifs (C(OH)–C–C–N with tert-alkyl or cyclic N) is 1. The summed E-state index contributed by atoms with van der Waals surface area (Å²) >= 11 is 0. The summed E-state index contributed by atoms with van der Waals surface area (Å²) in [6.45, 7) is 1.37. The smallest absolute Gasteiger partial charge is 0.325 e. The molecule has 22 heavy (non-hydrogen) atoms. The SMILES string of the molecule is O=C1NC(c2ccccn2)(C2CCNCC2)C(=O)N1CCO. The summed E-state index contributed by atoms with van der Waals surface area (Å²) in [6.07, 6.45) is 3.21. The van der Waals surface area contributed by atoms with Crippen molar-refractivity contribution in [2.75, 3.05) is 26.2 Å². The number of aliphatic hydroxyl groups excluding tert-OH is 1. The van der Waals surface area contributed by atoms with Gasteiger partial charge < -0.3 is 15.7 Å². The number of hydrogen-bond donors (Lipinski definition) is 3. The van der Waals surface area contributed by atoms with E-state index in [9.17, 15) is 9.59 Å². The molecule has 1 aromatic rings. The normalized spacial score (nSPS) is 26.3. The Morgan fingerprint density at radius 1 is 1.32 bits per heavy atom. The Morgan fingerprint density at radius 3 is 2.73 bits per heavy atom. The molecule has 0 radical (unpaired) electrons. The van der Waals surface area contributed by atoms with Crippen LogP contribution in [0.1, 0.15) is 18.5 Å². The number of pyridine rings is 1. The maximum absolute atomic E-state index is 13.0. The number of rotatable bonds is 4. The van der Waals surface area contributed by atoms with Crippen molar-refractivity contribution in [3.8, 4) is 0 Å². The number of amides is 3. The summed E-state index contributed by atoms with van der Waals surface area (Å²) in [5.41, 5.74) is -0.545.